The fraction of sp³-hybridized carbons (Fsp3) is 0.545. The number of nitrogens with two attached hydrogens (primary N) is 1. The fourth-order valence-corrected chi connectivity index (χ4v) is 1.93. The molecule has 7 heteroatoms. The summed E-state index contributed by atoms with van der Waals surface area (Å²) in [6, 6.07) is -0.716. The highest BCUT2D eigenvalue weighted by Crippen LogP contribution is 2.13. The number of carbonyl (C=O) groups is 2. The second kappa shape index (κ2) is 5.18. The summed E-state index contributed by atoms with van der Waals surface area (Å²) in [4.78, 5) is 25.0. The molecule has 2 amide bonds. The Morgan fingerprint density at radius 2 is 2.33 bits per heavy atom. The summed E-state index contributed by atoms with van der Waals surface area (Å²) in [6.45, 7) is 1.39. The SMILES string of the molecule is Cn1cc(C(N)C(=O)N2CCNC(=O)CC2)cn1. The van der Waals surface area contributed by atoms with Crippen molar-refractivity contribution in [2.24, 2.45) is 12.8 Å². The largest absolute Gasteiger partial charge is 0.354 e. The Morgan fingerprint density at radius 3 is 3.00 bits per heavy atom. The van der Waals surface area contributed by atoms with Crippen molar-refractivity contribution in [3.63, 3.8) is 0 Å². The van der Waals surface area contributed by atoms with Gasteiger partial charge in [-0.1, -0.05) is 0 Å². The van der Waals surface area contributed by atoms with Crippen LogP contribution in [0.25, 0.3) is 0 Å². The van der Waals surface area contributed by atoms with Crippen molar-refractivity contribution in [2.75, 3.05) is 19.6 Å². The van der Waals surface area contributed by atoms with Crippen LogP contribution in [-0.2, 0) is 16.6 Å². The predicted molar refractivity (Wildman–Crippen MR) is 64.3 cm³/mol. The predicted octanol–water partition coefficient (Wildman–Crippen LogP) is -1.23. The van der Waals surface area contributed by atoms with Crippen molar-refractivity contribution >= 4 is 11.8 Å². The standard InChI is InChI=1S/C11H17N5O2/c1-15-7-8(6-14-15)10(12)11(18)16-4-2-9(17)13-3-5-16/h6-7,10H,2-5,12H2,1H3,(H,13,17). The van der Waals surface area contributed by atoms with Crippen LogP contribution in [-0.4, -0.2) is 46.1 Å². The van der Waals surface area contributed by atoms with Gasteiger partial charge in [0.15, 0.2) is 0 Å². The third kappa shape index (κ3) is 2.67. The lowest BCUT2D eigenvalue weighted by Gasteiger charge is -2.22. The van der Waals surface area contributed by atoms with Crippen molar-refractivity contribution in [1.29, 1.82) is 0 Å². The van der Waals surface area contributed by atoms with E-state index in [-0.39, 0.29) is 11.8 Å². The van der Waals surface area contributed by atoms with Gasteiger partial charge in [-0.15, -0.1) is 0 Å². The Hall–Kier alpha value is -1.89. The highest BCUT2D eigenvalue weighted by atomic mass is 16.2. The zero-order chi connectivity index (χ0) is 13.1. The third-order valence-electron chi connectivity index (χ3n) is 2.97. The van der Waals surface area contributed by atoms with Gasteiger partial charge in [0.1, 0.15) is 6.04 Å². The lowest BCUT2D eigenvalue weighted by atomic mass is 10.1. The Labute approximate surface area is 105 Å². The topological polar surface area (TPSA) is 93.2 Å². The summed E-state index contributed by atoms with van der Waals surface area (Å²) in [5.41, 5.74) is 6.60. The molecule has 2 rings (SSSR count). The molecule has 1 aliphatic rings. The maximum Gasteiger partial charge on any atom is 0.244 e. The molecular weight excluding hydrogens is 234 g/mol. The first-order chi connectivity index (χ1) is 8.58. The van der Waals surface area contributed by atoms with Gasteiger partial charge in [-0.2, -0.15) is 5.10 Å². The second-order valence-corrected chi connectivity index (χ2v) is 4.35. The molecule has 0 spiro atoms. The first-order valence-electron chi connectivity index (χ1n) is 5.87. The van der Waals surface area contributed by atoms with Gasteiger partial charge in [-0.3, -0.25) is 14.3 Å². The van der Waals surface area contributed by atoms with Gasteiger partial charge < -0.3 is 16.0 Å². The number of nitrogens with one attached hydrogen (secondary N) is 1. The van der Waals surface area contributed by atoms with Crippen LogP contribution in [0.15, 0.2) is 12.4 Å². The van der Waals surface area contributed by atoms with E-state index < -0.39 is 6.04 Å². The second-order valence-electron chi connectivity index (χ2n) is 4.35. The number of rotatable bonds is 2. The van der Waals surface area contributed by atoms with Crippen molar-refractivity contribution in [3.05, 3.63) is 18.0 Å². The number of aromatic nitrogens is 2. The van der Waals surface area contributed by atoms with E-state index in [4.69, 9.17) is 5.73 Å². The van der Waals surface area contributed by atoms with Gasteiger partial charge in [-0.25, -0.2) is 0 Å². The van der Waals surface area contributed by atoms with Crippen LogP contribution in [0.1, 0.15) is 18.0 Å². The van der Waals surface area contributed by atoms with Gasteiger partial charge >= 0.3 is 0 Å². The van der Waals surface area contributed by atoms with Crippen LogP contribution < -0.4 is 11.1 Å². The van der Waals surface area contributed by atoms with Crippen molar-refractivity contribution in [3.8, 4) is 0 Å². The smallest absolute Gasteiger partial charge is 0.244 e. The van der Waals surface area contributed by atoms with Crippen LogP contribution >= 0.6 is 0 Å². The molecule has 1 saturated heterocycles. The van der Waals surface area contributed by atoms with E-state index >= 15 is 0 Å². The molecule has 0 radical (unpaired) electrons. The number of amides is 2. The molecule has 2 heterocycles. The molecule has 0 bridgehead atoms. The van der Waals surface area contributed by atoms with Crippen LogP contribution in [0.2, 0.25) is 0 Å². The summed E-state index contributed by atoms with van der Waals surface area (Å²) in [6.07, 6.45) is 3.64. The van der Waals surface area contributed by atoms with Gasteiger partial charge in [0, 0.05) is 44.9 Å². The fourth-order valence-electron chi connectivity index (χ4n) is 1.93. The monoisotopic (exact) mass is 251 g/mol. The van der Waals surface area contributed by atoms with E-state index in [0.717, 1.165) is 0 Å². The summed E-state index contributed by atoms with van der Waals surface area (Å²) in [7, 11) is 1.77. The third-order valence-corrected chi connectivity index (χ3v) is 2.97. The molecule has 1 atom stereocenters. The minimum Gasteiger partial charge on any atom is -0.354 e. The van der Waals surface area contributed by atoms with E-state index in [2.05, 4.69) is 10.4 Å². The van der Waals surface area contributed by atoms with Gasteiger partial charge in [0.2, 0.25) is 11.8 Å². The molecule has 1 unspecified atom stereocenters. The van der Waals surface area contributed by atoms with E-state index in [1.54, 1.807) is 29.0 Å². The number of hydrogen-bond donors (Lipinski definition) is 2. The maximum absolute atomic E-state index is 12.2. The number of nitrogens with zero attached hydrogens (tertiary/aromatic N) is 3. The lowest BCUT2D eigenvalue weighted by molar-refractivity contribution is -0.132. The summed E-state index contributed by atoms with van der Waals surface area (Å²) < 4.78 is 1.61. The normalized spacial score (nSPS) is 18.1. The minimum absolute atomic E-state index is 0.0275. The van der Waals surface area contributed by atoms with Crippen molar-refractivity contribution in [1.82, 2.24) is 20.0 Å². The molecule has 1 fully saturated rings. The molecular formula is C11H17N5O2. The summed E-state index contributed by atoms with van der Waals surface area (Å²) in [5.74, 6) is -0.195. The molecule has 3 N–H and O–H groups in total. The zero-order valence-electron chi connectivity index (χ0n) is 10.3. The highest BCUT2D eigenvalue weighted by Gasteiger charge is 2.25. The number of aryl methyl sites for hydroxylation is 1. The Bertz CT molecular complexity index is 456. The van der Waals surface area contributed by atoms with E-state index in [0.29, 0.717) is 31.6 Å². The average molecular weight is 251 g/mol. The molecule has 1 aliphatic heterocycles. The molecule has 7 nitrogen and oxygen atoms in total. The van der Waals surface area contributed by atoms with Crippen LogP contribution in [0, 0.1) is 0 Å². The van der Waals surface area contributed by atoms with Gasteiger partial charge in [-0.05, 0) is 0 Å². The first-order valence-corrected chi connectivity index (χ1v) is 5.87. The van der Waals surface area contributed by atoms with Crippen molar-refractivity contribution in [2.45, 2.75) is 12.5 Å². The van der Waals surface area contributed by atoms with E-state index in [1.165, 1.54) is 0 Å². The molecule has 0 aromatic carbocycles. The van der Waals surface area contributed by atoms with E-state index in [9.17, 15) is 9.59 Å². The molecule has 1 aromatic rings. The quantitative estimate of drug-likeness (QED) is 0.688. The van der Waals surface area contributed by atoms with Crippen LogP contribution in [0.4, 0.5) is 0 Å². The maximum atomic E-state index is 12.2. The van der Waals surface area contributed by atoms with Gasteiger partial charge in [0.05, 0.1) is 6.20 Å². The molecule has 0 saturated carbocycles. The summed E-state index contributed by atoms with van der Waals surface area (Å²) >= 11 is 0. The number of hydrogen-bond acceptors (Lipinski definition) is 4. The summed E-state index contributed by atoms with van der Waals surface area (Å²) in [5, 5.41) is 6.72. The first kappa shape index (κ1) is 12.6. The Balaban J connectivity index is 2.04. The average Bonchev–Trinajstić information content (AvgIpc) is 2.66. The highest BCUT2D eigenvalue weighted by molar-refractivity contribution is 5.84. The molecule has 0 aliphatic carbocycles. The molecule has 18 heavy (non-hydrogen) atoms. The molecule has 1 aromatic heterocycles. The number of carbonyl (C=O) groups excluding carboxylic acids is 2. The zero-order valence-corrected chi connectivity index (χ0v) is 10.3. The van der Waals surface area contributed by atoms with Crippen molar-refractivity contribution < 1.29 is 9.59 Å². The minimum atomic E-state index is -0.716. The van der Waals surface area contributed by atoms with E-state index in [1.807, 2.05) is 0 Å². The lowest BCUT2D eigenvalue weighted by Crippen LogP contribution is -2.40. The Morgan fingerprint density at radius 1 is 1.56 bits per heavy atom. The Kier molecular flexibility index (Phi) is 3.61. The van der Waals surface area contributed by atoms with Crippen LogP contribution in [0.3, 0.4) is 0 Å². The van der Waals surface area contributed by atoms with Gasteiger partial charge in [0.25, 0.3) is 0 Å². The molecule has 98 valence electrons. The van der Waals surface area contributed by atoms with Crippen LogP contribution in [0.5, 0.6) is 0 Å².